The van der Waals surface area contributed by atoms with Crippen LogP contribution in [0.4, 0.5) is 11.6 Å². The van der Waals surface area contributed by atoms with E-state index in [1.54, 1.807) is 12.1 Å². The third-order valence-electron chi connectivity index (χ3n) is 1.93. The van der Waals surface area contributed by atoms with Crippen LogP contribution in [-0.2, 0) is 0 Å². The minimum Gasteiger partial charge on any atom is -0.368 e. The molecule has 2 aromatic heterocycles. The standard InChI is InChI=1S/C9H5N5O2S/c10-3-5-1-2-7(17-5)8-6(14(15)16)4-12-9(11)13-8/h1-2,4H,(H2,11,12,13). The van der Waals surface area contributed by atoms with E-state index in [0.29, 0.717) is 9.75 Å². The van der Waals surface area contributed by atoms with Gasteiger partial charge < -0.3 is 5.73 Å². The van der Waals surface area contributed by atoms with Crippen LogP contribution in [0.5, 0.6) is 0 Å². The number of rotatable bonds is 2. The highest BCUT2D eigenvalue weighted by Gasteiger charge is 2.19. The molecular weight excluding hydrogens is 242 g/mol. The Labute approximate surface area is 99.3 Å². The minimum atomic E-state index is -0.583. The van der Waals surface area contributed by atoms with Crippen molar-refractivity contribution in [1.29, 1.82) is 5.26 Å². The lowest BCUT2D eigenvalue weighted by molar-refractivity contribution is -0.384. The Bertz CT molecular complexity index is 631. The molecule has 7 nitrogen and oxygen atoms in total. The van der Waals surface area contributed by atoms with Crippen LogP contribution in [0, 0.1) is 21.4 Å². The van der Waals surface area contributed by atoms with E-state index in [9.17, 15) is 10.1 Å². The molecule has 2 heterocycles. The van der Waals surface area contributed by atoms with Gasteiger partial charge >= 0.3 is 5.69 Å². The van der Waals surface area contributed by atoms with Crippen LogP contribution in [0.25, 0.3) is 10.6 Å². The molecule has 0 saturated heterocycles. The highest BCUT2D eigenvalue weighted by atomic mass is 32.1. The molecule has 0 amide bonds. The summed E-state index contributed by atoms with van der Waals surface area (Å²) in [5.41, 5.74) is 5.30. The largest absolute Gasteiger partial charge is 0.368 e. The van der Waals surface area contributed by atoms with Gasteiger partial charge in [0.1, 0.15) is 17.1 Å². The number of anilines is 1. The second-order valence-electron chi connectivity index (χ2n) is 2.99. The van der Waals surface area contributed by atoms with Gasteiger partial charge in [-0.3, -0.25) is 10.1 Å². The Morgan fingerprint density at radius 3 is 2.88 bits per heavy atom. The molecule has 2 aromatic rings. The Hall–Kier alpha value is -2.53. The lowest BCUT2D eigenvalue weighted by Gasteiger charge is -1.99. The number of nitro groups is 1. The number of nitriles is 1. The first-order chi connectivity index (χ1) is 8.11. The molecule has 2 rings (SSSR count). The van der Waals surface area contributed by atoms with Crippen LogP contribution in [0.1, 0.15) is 4.88 Å². The fourth-order valence-electron chi connectivity index (χ4n) is 1.23. The first kappa shape index (κ1) is 11.0. The molecule has 0 atom stereocenters. The summed E-state index contributed by atoms with van der Waals surface area (Å²) >= 11 is 1.11. The summed E-state index contributed by atoms with van der Waals surface area (Å²) in [6.07, 6.45) is 1.06. The Balaban J connectivity index is 2.61. The summed E-state index contributed by atoms with van der Waals surface area (Å²) in [6, 6.07) is 5.12. The monoisotopic (exact) mass is 247 g/mol. The Morgan fingerprint density at radius 2 is 2.29 bits per heavy atom. The number of hydrogen-bond donors (Lipinski definition) is 1. The van der Waals surface area contributed by atoms with Crippen molar-refractivity contribution in [2.45, 2.75) is 0 Å². The fourth-order valence-corrected chi connectivity index (χ4v) is 2.03. The second-order valence-corrected chi connectivity index (χ2v) is 4.08. The summed E-state index contributed by atoms with van der Waals surface area (Å²) in [4.78, 5) is 18.6. The van der Waals surface area contributed by atoms with E-state index in [0.717, 1.165) is 17.5 Å². The summed E-state index contributed by atoms with van der Waals surface area (Å²) in [5.74, 6) is -0.0440. The molecular formula is C9H5N5O2S. The van der Waals surface area contributed by atoms with Gasteiger partial charge in [-0.25, -0.2) is 9.97 Å². The highest BCUT2D eigenvalue weighted by molar-refractivity contribution is 7.16. The van der Waals surface area contributed by atoms with E-state index < -0.39 is 4.92 Å². The summed E-state index contributed by atoms with van der Waals surface area (Å²) in [6.45, 7) is 0. The van der Waals surface area contributed by atoms with Gasteiger partial charge in [0.05, 0.1) is 9.80 Å². The maximum atomic E-state index is 10.8. The van der Waals surface area contributed by atoms with Crippen molar-refractivity contribution in [1.82, 2.24) is 9.97 Å². The van der Waals surface area contributed by atoms with Crippen molar-refractivity contribution < 1.29 is 4.92 Å². The zero-order valence-corrected chi connectivity index (χ0v) is 9.14. The predicted octanol–water partition coefficient (Wildman–Crippen LogP) is 1.57. The third-order valence-corrected chi connectivity index (χ3v) is 2.93. The highest BCUT2D eigenvalue weighted by Crippen LogP contribution is 2.32. The summed E-state index contributed by atoms with van der Waals surface area (Å²) < 4.78 is 0. The Morgan fingerprint density at radius 1 is 1.53 bits per heavy atom. The topological polar surface area (TPSA) is 119 Å². The van der Waals surface area contributed by atoms with Crippen LogP contribution in [0.2, 0.25) is 0 Å². The van der Waals surface area contributed by atoms with Gasteiger partial charge in [0.15, 0.2) is 5.69 Å². The second kappa shape index (κ2) is 4.15. The maximum absolute atomic E-state index is 10.8. The number of thiophene rings is 1. The van der Waals surface area contributed by atoms with Gasteiger partial charge in [0.2, 0.25) is 5.95 Å². The molecule has 0 aliphatic carbocycles. The molecule has 0 unspecified atom stereocenters. The number of nitrogens with two attached hydrogens (primary N) is 1. The van der Waals surface area contributed by atoms with Crippen LogP contribution in [-0.4, -0.2) is 14.9 Å². The summed E-state index contributed by atoms with van der Waals surface area (Å²) in [7, 11) is 0. The normalized spacial score (nSPS) is 9.82. The molecule has 0 aromatic carbocycles. The number of aromatic nitrogens is 2. The van der Waals surface area contributed by atoms with Crippen molar-refractivity contribution >= 4 is 23.0 Å². The van der Waals surface area contributed by atoms with Crippen LogP contribution >= 0.6 is 11.3 Å². The van der Waals surface area contributed by atoms with Crippen molar-refractivity contribution in [3.05, 3.63) is 33.3 Å². The van der Waals surface area contributed by atoms with Crippen molar-refractivity contribution in [3.8, 4) is 16.6 Å². The van der Waals surface area contributed by atoms with Crippen molar-refractivity contribution in [2.75, 3.05) is 5.73 Å². The molecule has 2 N–H and O–H groups in total. The van der Waals surface area contributed by atoms with E-state index in [1.165, 1.54) is 0 Å². The summed E-state index contributed by atoms with van der Waals surface area (Å²) in [5, 5.41) is 19.5. The van der Waals surface area contributed by atoms with E-state index >= 15 is 0 Å². The number of hydrogen-bond acceptors (Lipinski definition) is 7. The van der Waals surface area contributed by atoms with Gasteiger partial charge in [-0.2, -0.15) is 5.26 Å². The van der Waals surface area contributed by atoms with Gasteiger partial charge in [-0.05, 0) is 12.1 Å². The molecule has 0 spiro atoms. The molecule has 84 valence electrons. The van der Waals surface area contributed by atoms with Crippen LogP contribution < -0.4 is 5.73 Å². The first-order valence-electron chi connectivity index (χ1n) is 4.39. The molecule has 0 saturated carbocycles. The van der Waals surface area contributed by atoms with Gasteiger partial charge in [0.25, 0.3) is 0 Å². The fraction of sp³-hybridized carbons (Fsp3) is 0. The predicted molar refractivity (Wildman–Crippen MR) is 61.1 cm³/mol. The molecule has 0 aliphatic rings. The van der Waals surface area contributed by atoms with Crippen LogP contribution in [0.15, 0.2) is 18.3 Å². The molecule has 0 aliphatic heterocycles. The van der Waals surface area contributed by atoms with Gasteiger partial charge in [0, 0.05) is 0 Å². The van der Waals surface area contributed by atoms with Crippen molar-refractivity contribution in [3.63, 3.8) is 0 Å². The number of nitrogen functional groups attached to an aromatic ring is 1. The smallest absolute Gasteiger partial charge is 0.314 e. The zero-order chi connectivity index (χ0) is 12.4. The van der Waals surface area contributed by atoms with E-state index in [-0.39, 0.29) is 17.3 Å². The Kier molecular flexibility index (Phi) is 2.68. The van der Waals surface area contributed by atoms with E-state index in [2.05, 4.69) is 9.97 Å². The van der Waals surface area contributed by atoms with Crippen LogP contribution in [0.3, 0.4) is 0 Å². The molecule has 0 radical (unpaired) electrons. The molecule has 0 fully saturated rings. The van der Waals surface area contributed by atoms with E-state index in [1.807, 2.05) is 6.07 Å². The average Bonchev–Trinajstić information content (AvgIpc) is 2.76. The third kappa shape index (κ3) is 2.04. The molecule has 17 heavy (non-hydrogen) atoms. The minimum absolute atomic E-state index is 0.0440. The quantitative estimate of drug-likeness (QED) is 0.635. The average molecular weight is 247 g/mol. The van der Waals surface area contributed by atoms with E-state index in [4.69, 9.17) is 11.0 Å². The number of nitrogens with zero attached hydrogens (tertiary/aromatic N) is 4. The molecule has 0 bridgehead atoms. The van der Waals surface area contributed by atoms with Crippen molar-refractivity contribution in [2.24, 2.45) is 0 Å². The zero-order valence-electron chi connectivity index (χ0n) is 8.32. The lowest BCUT2D eigenvalue weighted by Crippen LogP contribution is -2.00. The lowest BCUT2D eigenvalue weighted by atomic mass is 10.3. The first-order valence-corrected chi connectivity index (χ1v) is 5.20. The van der Waals surface area contributed by atoms with Gasteiger partial charge in [-0.1, -0.05) is 0 Å². The molecule has 8 heteroatoms. The van der Waals surface area contributed by atoms with Gasteiger partial charge in [-0.15, -0.1) is 11.3 Å². The maximum Gasteiger partial charge on any atom is 0.314 e. The SMILES string of the molecule is N#Cc1ccc(-c2nc(N)ncc2[N+](=O)[O-])s1.